The third-order valence-corrected chi connectivity index (χ3v) is 3.72. The largest absolute Gasteiger partial charge is 0.289 e. The molecule has 1 aromatic heterocycles. The topological polar surface area (TPSA) is 78.0 Å². The summed E-state index contributed by atoms with van der Waals surface area (Å²) in [5.74, 6) is -0.121. The monoisotopic (exact) mass is 327 g/mol. The van der Waals surface area contributed by atoms with Gasteiger partial charge in [0, 0.05) is 23.9 Å². The van der Waals surface area contributed by atoms with Gasteiger partial charge in [0.05, 0.1) is 16.7 Å². The number of carbonyl (C=O) groups excluding carboxylic acids is 1. The van der Waals surface area contributed by atoms with E-state index in [1.807, 2.05) is 27.7 Å². The zero-order valence-electron chi connectivity index (χ0n) is 14.3. The lowest BCUT2D eigenvalue weighted by molar-refractivity contribution is -0.385. The van der Waals surface area contributed by atoms with Crippen molar-refractivity contribution < 1.29 is 9.72 Å². The van der Waals surface area contributed by atoms with Crippen molar-refractivity contribution in [2.45, 2.75) is 39.7 Å². The van der Waals surface area contributed by atoms with Gasteiger partial charge in [-0.2, -0.15) is 5.10 Å². The lowest BCUT2D eigenvalue weighted by Crippen LogP contribution is -2.00. The van der Waals surface area contributed by atoms with Crippen molar-refractivity contribution in [2.24, 2.45) is 0 Å². The second kappa shape index (κ2) is 7.21. The highest BCUT2D eigenvalue weighted by atomic mass is 16.6. The highest BCUT2D eigenvalue weighted by molar-refractivity contribution is 6.06. The molecular weight excluding hydrogens is 306 g/mol. The van der Waals surface area contributed by atoms with Gasteiger partial charge in [0.2, 0.25) is 0 Å². The summed E-state index contributed by atoms with van der Waals surface area (Å²) in [6, 6.07) is 5.20. The molecule has 0 fully saturated rings. The summed E-state index contributed by atoms with van der Waals surface area (Å²) in [4.78, 5) is 23.0. The molecule has 126 valence electrons. The first-order valence-corrected chi connectivity index (χ1v) is 7.84. The van der Waals surface area contributed by atoms with Crippen molar-refractivity contribution >= 4 is 17.5 Å². The van der Waals surface area contributed by atoms with E-state index < -0.39 is 0 Å². The van der Waals surface area contributed by atoms with E-state index in [4.69, 9.17) is 0 Å². The van der Waals surface area contributed by atoms with Crippen molar-refractivity contribution in [1.82, 2.24) is 9.78 Å². The third kappa shape index (κ3) is 3.95. The number of nitro benzene ring substituents is 1. The molecule has 0 saturated carbocycles. The number of carbonyl (C=O) groups is 1. The number of hydrogen-bond donors (Lipinski definition) is 0. The van der Waals surface area contributed by atoms with Crippen LogP contribution >= 0.6 is 0 Å². The minimum atomic E-state index is -0.388. The predicted molar refractivity (Wildman–Crippen MR) is 93.2 cm³/mol. The smallest absolute Gasteiger partial charge is 0.273 e. The first-order chi connectivity index (χ1) is 11.3. The van der Waals surface area contributed by atoms with Gasteiger partial charge in [-0.25, -0.2) is 0 Å². The van der Waals surface area contributed by atoms with Crippen molar-refractivity contribution in [1.29, 1.82) is 0 Å². The van der Waals surface area contributed by atoms with Crippen LogP contribution in [0.5, 0.6) is 0 Å². The molecule has 1 heterocycles. The molecule has 0 N–H and O–H groups in total. The van der Waals surface area contributed by atoms with Gasteiger partial charge in [-0.15, -0.1) is 0 Å². The van der Waals surface area contributed by atoms with E-state index in [-0.39, 0.29) is 28.4 Å². The molecule has 0 saturated heterocycles. The molecule has 1 aromatic carbocycles. The molecule has 0 aliphatic rings. The van der Waals surface area contributed by atoms with E-state index in [9.17, 15) is 14.9 Å². The molecule has 24 heavy (non-hydrogen) atoms. The molecule has 0 aliphatic heterocycles. The van der Waals surface area contributed by atoms with Gasteiger partial charge >= 0.3 is 0 Å². The molecule has 0 spiro atoms. The molecule has 0 atom stereocenters. The average molecular weight is 327 g/mol. The molecule has 0 aliphatic carbocycles. The van der Waals surface area contributed by atoms with Gasteiger partial charge in [-0.05, 0) is 31.4 Å². The van der Waals surface area contributed by atoms with Gasteiger partial charge in [0.25, 0.3) is 5.69 Å². The maximum atomic E-state index is 12.2. The quantitative estimate of drug-likeness (QED) is 0.341. The van der Waals surface area contributed by atoms with Crippen molar-refractivity contribution in [3.63, 3.8) is 0 Å². The number of ketones is 1. The number of benzene rings is 1. The van der Waals surface area contributed by atoms with Crippen LogP contribution in [0.4, 0.5) is 5.69 Å². The summed E-state index contributed by atoms with van der Waals surface area (Å²) < 4.78 is 1.71. The molecule has 0 amide bonds. The van der Waals surface area contributed by atoms with Crippen LogP contribution < -0.4 is 0 Å². The number of hydrogen-bond acceptors (Lipinski definition) is 4. The second-order valence-corrected chi connectivity index (χ2v) is 6.23. The van der Waals surface area contributed by atoms with Crippen LogP contribution in [0.2, 0.25) is 0 Å². The summed E-state index contributed by atoms with van der Waals surface area (Å²) in [6.07, 6.45) is 6.22. The highest BCUT2D eigenvalue weighted by Gasteiger charge is 2.16. The van der Waals surface area contributed by atoms with Gasteiger partial charge in [0.15, 0.2) is 5.78 Å². The molecule has 0 radical (unpaired) electrons. The van der Waals surface area contributed by atoms with E-state index in [2.05, 4.69) is 5.10 Å². The van der Waals surface area contributed by atoms with Crippen LogP contribution in [0, 0.1) is 10.1 Å². The van der Waals surface area contributed by atoms with Gasteiger partial charge in [-0.1, -0.05) is 32.1 Å². The number of nitrogens with zero attached hydrogens (tertiary/aromatic N) is 3. The van der Waals surface area contributed by atoms with E-state index in [0.717, 1.165) is 0 Å². The van der Waals surface area contributed by atoms with E-state index in [1.165, 1.54) is 18.3 Å². The molecule has 2 aromatic rings. The minimum absolute atomic E-state index is 0.0620. The average Bonchev–Trinajstić information content (AvgIpc) is 3.02. The lowest BCUT2D eigenvalue weighted by atomic mass is 9.99. The normalized spacial score (nSPS) is 11.6. The molecule has 0 bridgehead atoms. The Labute approximate surface area is 141 Å². The van der Waals surface area contributed by atoms with Crippen molar-refractivity contribution in [2.75, 3.05) is 0 Å². The third-order valence-electron chi connectivity index (χ3n) is 3.72. The highest BCUT2D eigenvalue weighted by Crippen LogP contribution is 2.27. The van der Waals surface area contributed by atoms with Gasteiger partial charge in [-0.3, -0.25) is 19.6 Å². The van der Waals surface area contributed by atoms with Crippen molar-refractivity contribution in [3.8, 4) is 0 Å². The summed E-state index contributed by atoms with van der Waals surface area (Å²) in [6.45, 7) is 7.78. The minimum Gasteiger partial charge on any atom is -0.289 e. The van der Waals surface area contributed by atoms with Gasteiger partial charge < -0.3 is 0 Å². The molecule has 6 heteroatoms. The van der Waals surface area contributed by atoms with Crippen LogP contribution in [0.25, 0.3) is 6.08 Å². The Bertz CT molecular complexity index is 789. The maximum absolute atomic E-state index is 12.2. The van der Waals surface area contributed by atoms with Crippen LogP contribution in [-0.4, -0.2) is 20.5 Å². The first kappa shape index (κ1) is 17.6. The zero-order valence-corrected chi connectivity index (χ0v) is 14.3. The summed E-state index contributed by atoms with van der Waals surface area (Å²) >= 11 is 0. The van der Waals surface area contributed by atoms with Crippen LogP contribution in [0.15, 0.2) is 36.7 Å². The van der Waals surface area contributed by atoms with Crippen LogP contribution in [0.1, 0.15) is 61.1 Å². The number of rotatable bonds is 6. The Balaban J connectivity index is 2.23. The zero-order chi connectivity index (χ0) is 17.9. The number of allylic oxidation sites excluding steroid dienone is 1. The molecule has 2 rings (SSSR count). The maximum Gasteiger partial charge on any atom is 0.273 e. The first-order valence-electron chi connectivity index (χ1n) is 7.84. The van der Waals surface area contributed by atoms with Crippen LogP contribution in [-0.2, 0) is 0 Å². The fourth-order valence-electron chi connectivity index (χ4n) is 2.33. The SMILES string of the molecule is CC(C)c1ccc(C=CC(=O)c2cnn(C(C)C)c2)cc1[N+](=O)[O-]. The summed E-state index contributed by atoms with van der Waals surface area (Å²) in [7, 11) is 0. The molecular formula is C18H21N3O3. The van der Waals surface area contributed by atoms with Crippen molar-refractivity contribution in [3.05, 3.63) is 63.5 Å². The number of nitro groups is 1. The van der Waals surface area contributed by atoms with E-state index >= 15 is 0 Å². The Morgan fingerprint density at radius 2 is 2.00 bits per heavy atom. The Morgan fingerprint density at radius 1 is 1.29 bits per heavy atom. The fraction of sp³-hybridized carbons (Fsp3) is 0.333. The summed E-state index contributed by atoms with van der Waals surface area (Å²) in [5.41, 5.74) is 1.87. The Hall–Kier alpha value is -2.76. The van der Waals surface area contributed by atoms with E-state index in [1.54, 1.807) is 29.1 Å². The van der Waals surface area contributed by atoms with Gasteiger partial charge in [0.1, 0.15) is 0 Å². The Morgan fingerprint density at radius 3 is 2.54 bits per heavy atom. The Kier molecular flexibility index (Phi) is 5.28. The standard InChI is InChI=1S/C18H21N3O3/c1-12(2)16-7-5-14(9-17(16)21(23)24)6-8-18(22)15-10-19-20(11-15)13(3)4/h5-13H,1-4H3. The lowest BCUT2D eigenvalue weighted by Gasteiger charge is -2.06. The molecule has 6 nitrogen and oxygen atoms in total. The van der Waals surface area contributed by atoms with E-state index in [0.29, 0.717) is 16.7 Å². The fourth-order valence-corrected chi connectivity index (χ4v) is 2.33. The van der Waals surface area contributed by atoms with Crippen LogP contribution in [0.3, 0.4) is 0 Å². The predicted octanol–water partition coefficient (Wildman–Crippen LogP) is 4.39. The summed E-state index contributed by atoms with van der Waals surface area (Å²) in [5, 5.41) is 15.3. The second-order valence-electron chi connectivity index (χ2n) is 6.23. The number of aromatic nitrogens is 2. The molecule has 0 unspecified atom stereocenters.